The molecule has 0 aromatic heterocycles. The van der Waals surface area contributed by atoms with Gasteiger partial charge in [-0.1, -0.05) is 11.6 Å². The third kappa shape index (κ3) is 1.45. The van der Waals surface area contributed by atoms with E-state index in [9.17, 15) is 0 Å². The molecule has 0 saturated heterocycles. The highest BCUT2D eigenvalue weighted by Gasteiger charge is 1.87. The van der Waals surface area contributed by atoms with Gasteiger partial charge in [0.1, 0.15) is 0 Å². The van der Waals surface area contributed by atoms with E-state index >= 15 is 0 Å². The first-order valence-corrected chi connectivity index (χ1v) is 2.78. The molecule has 0 saturated carbocycles. The normalized spacial score (nSPS) is 8.44. The van der Waals surface area contributed by atoms with Gasteiger partial charge >= 0.3 is 0 Å². The predicted molar refractivity (Wildman–Crippen MR) is 35.0 cm³/mol. The van der Waals surface area contributed by atoms with Gasteiger partial charge in [-0.15, -0.1) is 0 Å². The monoisotopic (exact) mass is 136 g/mol. The van der Waals surface area contributed by atoms with Crippen molar-refractivity contribution in [3.05, 3.63) is 34.9 Å². The largest absolute Gasteiger partial charge is 0.192 e. The van der Waals surface area contributed by atoms with Gasteiger partial charge in [-0.25, -0.2) is 0 Å². The van der Waals surface area contributed by atoms with Crippen LogP contribution in [0.2, 0.25) is 5.02 Å². The zero-order valence-corrected chi connectivity index (χ0v) is 5.31. The zero-order valence-electron chi connectivity index (χ0n) is 4.56. The number of hydrogen-bond donors (Lipinski definition) is 0. The second kappa shape index (κ2) is 2.52. The number of hydrogen-bond acceptors (Lipinski definition) is 1. The molecule has 0 atom stereocenters. The van der Waals surface area contributed by atoms with Crippen LogP contribution in [-0.4, -0.2) is 0 Å². The number of rotatable bonds is 0. The summed E-state index contributed by atoms with van der Waals surface area (Å²) in [6.45, 7) is 0. The number of halogens is 1. The first-order valence-electron chi connectivity index (χ1n) is 2.40. The number of benzene rings is 1. The fraction of sp³-hybridized carbons (Fsp3) is 0. The van der Waals surface area contributed by atoms with Gasteiger partial charge in [-0.3, -0.25) is 0 Å². The third-order valence-electron chi connectivity index (χ3n) is 0.904. The Morgan fingerprint density at radius 3 is 2.78 bits per heavy atom. The van der Waals surface area contributed by atoms with E-state index in [-0.39, 0.29) is 0 Å². The molecule has 9 heavy (non-hydrogen) atoms. The van der Waals surface area contributed by atoms with Crippen molar-refractivity contribution in [2.45, 2.75) is 0 Å². The molecular formula is C7H3ClN. The summed E-state index contributed by atoms with van der Waals surface area (Å²) in [5, 5.41) is 8.85. The molecule has 0 amide bonds. The second-order valence-corrected chi connectivity index (χ2v) is 1.94. The maximum Gasteiger partial charge on any atom is 0.0991 e. The van der Waals surface area contributed by atoms with Crippen molar-refractivity contribution in [2.24, 2.45) is 0 Å². The summed E-state index contributed by atoms with van der Waals surface area (Å²) in [5.41, 5.74) is 0.583. The highest BCUT2D eigenvalue weighted by Crippen LogP contribution is 2.06. The van der Waals surface area contributed by atoms with Gasteiger partial charge in [0.05, 0.1) is 11.6 Å². The maximum absolute atomic E-state index is 8.32. The van der Waals surface area contributed by atoms with Crippen molar-refractivity contribution in [1.29, 1.82) is 5.26 Å². The van der Waals surface area contributed by atoms with E-state index in [0.29, 0.717) is 10.6 Å². The first kappa shape index (κ1) is 6.12. The fourth-order valence-electron chi connectivity index (χ4n) is 0.475. The maximum atomic E-state index is 8.32. The second-order valence-electron chi connectivity index (χ2n) is 1.54. The lowest BCUT2D eigenvalue weighted by atomic mass is 10.2. The summed E-state index contributed by atoms with van der Waals surface area (Å²) >= 11 is 5.50. The van der Waals surface area contributed by atoms with Gasteiger partial charge in [0, 0.05) is 11.1 Å². The minimum atomic E-state index is 0.536. The predicted octanol–water partition coefficient (Wildman–Crippen LogP) is 2.01. The van der Waals surface area contributed by atoms with Gasteiger partial charge in [-0.2, -0.15) is 5.26 Å². The van der Waals surface area contributed by atoms with Crippen molar-refractivity contribution < 1.29 is 0 Å². The molecule has 1 nitrogen and oxygen atoms in total. The molecule has 1 radical (unpaired) electrons. The Morgan fingerprint density at radius 1 is 1.56 bits per heavy atom. The van der Waals surface area contributed by atoms with Crippen LogP contribution >= 0.6 is 11.6 Å². The Bertz CT molecular complexity index is 232. The molecule has 43 valence electrons. The van der Waals surface area contributed by atoms with Crippen molar-refractivity contribution in [3.8, 4) is 6.07 Å². The molecule has 0 aliphatic rings. The minimum absolute atomic E-state index is 0.536. The lowest BCUT2D eigenvalue weighted by Gasteiger charge is -1.85. The molecule has 1 aromatic carbocycles. The fourth-order valence-corrected chi connectivity index (χ4v) is 0.593. The molecule has 2 heteroatoms. The van der Waals surface area contributed by atoms with E-state index < -0.39 is 0 Å². The standard InChI is InChI=1S/C7H3ClN/c8-7-3-1-6(5-9)2-4-7/h1-3H. The van der Waals surface area contributed by atoms with Gasteiger partial charge in [0.25, 0.3) is 0 Å². The van der Waals surface area contributed by atoms with Gasteiger partial charge in [0.15, 0.2) is 0 Å². The first-order chi connectivity index (χ1) is 4.33. The summed E-state index contributed by atoms with van der Waals surface area (Å²) in [5.74, 6) is 0. The van der Waals surface area contributed by atoms with Crippen LogP contribution in [0.4, 0.5) is 0 Å². The Morgan fingerprint density at radius 2 is 2.33 bits per heavy atom. The SMILES string of the molecule is N#Cc1c[c]c(Cl)cc1. The van der Waals surface area contributed by atoms with Crippen molar-refractivity contribution in [1.82, 2.24) is 0 Å². The molecule has 0 unspecified atom stereocenters. The molecule has 0 spiro atoms. The van der Waals surface area contributed by atoms with Crippen molar-refractivity contribution in [3.63, 3.8) is 0 Å². The third-order valence-corrected chi connectivity index (χ3v) is 1.14. The van der Waals surface area contributed by atoms with Crippen LogP contribution in [-0.2, 0) is 0 Å². The van der Waals surface area contributed by atoms with E-state index in [1.165, 1.54) is 0 Å². The number of nitriles is 1. The summed E-state index contributed by atoms with van der Waals surface area (Å²) < 4.78 is 0. The Balaban J connectivity index is 3.06. The van der Waals surface area contributed by atoms with Gasteiger partial charge < -0.3 is 0 Å². The lowest BCUT2D eigenvalue weighted by Crippen LogP contribution is -1.69. The molecule has 0 fully saturated rings. The average molecular weight is 137 g/mol. The molecule has 0 N–H and O–H groups in total. The molecule has 0 heterocycles. The molecule has 0 aliphatic carbocycles. The molecule has 1 rings (SSSR count). The van der Waals surface area contributed by atoms with Gasteiger partial charge in [-0.05, 0) is 18.2 Å². The molecule has 1 aromatic rings. The van der Waals surface area contributed by atoms with Crippen LogP contribution in [0.25, 0.3) is 0 Å². The van der Waals surface area contributed by atoms with E-state index in [4.69, 9.17) is 16.9 Å². The van der Waals surface area contributed by atoms with E-state index in [0.717, 1.165) is 0 Å². The van der Waals surface area contributed by atoms with Crippen LogP contribution in [0.1, 0.15) is 5.56 Å². The summed E-state index contributed by atoms with van der Waals surface area (Å²) in [6, 6.07) is 9.51. The van der Waals surface area contributed by atoms with E-state index in [1.54, 1.807) is 18.2 Å². The Kier molecular flexibility index (Phi) is 1.72. The lowest BCUT2D eigenvalue weighted by molar-refractivity contribution is 1.48. The zero-order chi connectivity index (χ0) is 6.69. The van der Waals surface area contributed by atoms with Crippen molar-refractivity contribution in [2.75, 3.05) is 0 Å². The van der Waals surface area contributed by atoms with Gasteiger partial charge in [0.2, 0.25) is 0 Å². The smallest absolute Gasteiger partial charge is 0.0991 e. The number of nitrogens with zero attached hydrogens (tertiary/aromatic N) is 1. The van der Waals surface area contributed by atoms with Crippen LogP contribution < -0.4 is 0 Å². The van der Waals surface area contributed by atoms with Crippen LogP contribution in [0.3, 0.4) is 0 Å². The van der Waals surface area contributed by atoms with E-state index in [1.807, 2.05) is 6.07 Å². The Hall–Kier alpha value is -1.00. The summed E-state index contributed by atoms with van der Waals surface area (Å²) in [6.07, 6.45) is 0. The van der Waals surface area contributed by atoms with Crippen molar-refractivity contribution >= 4 is 11.6 Å². The Labute approximate surface area is 58.5 Å². The quantitative estimate of drug-likeness (QED) is 0.535. The molecule has 0 bridgehead atoms. The topological polar surface area (TPSA) is 23.8 Å². The average Bonchev–Trinajstić information content (AvgIpc) is 1.90. The highest BCUT2D eigenvalue weighted by molar-refractivity contribution is 6.30. The summed E-state index contributed by atoms with van der Waals surface area (Å²) in [7, 11) is 0. The van der Waals surface area contributed by atoms with Crippen LogP contribution in [0.5, 0.6) is 0 Å². The molecule has 0 aliphatic heterocycles. The van der Waals surface area contributed by atoms with E-state index in [2.05, 4.69) is 6.07 Å². The van der Waals surface area contributed by atoms with Crippen LogP contribution in [0, 0.1) is 17.4 Å². The highest BCUT2D eigenvalue weighted by atomic mass is 35.5. The van der Waals surface area contributed by atoms with Crippen LogP contribution in [0.15, 0.2) is 18.2 Å². The molecular weight excluding hydrogens is 134 g/mol. The minimum Gasteiger partial charge on any atom is -0.192 e. The summed E-state index contributed by atoms with van der Waals surface area (Å²) in [4.78, 5) is 0.